The molecular formula is C15H19FN2O2. The first-order chi connectivity index (χ1) is 9.31. The summed E-state index contributed by atoms with van der Waals surface area (Å²) >= 11 is 0. The summed E-state index contributed by atoms with van der Waals surface area (Å²) < 4.78 is 14.2. The third-order valence-corrected chi connectivity index (χ3v) is 3.64. The van der Waals surface area contributed by atoms with E-state index in [4.69, 9.17) is 0 Å². The van der Waals surface area contributed by atoms with E-state index in [1.807, 2.05) is 18.9 Å². The second-order valence-electron chi connectivity index (χ2n) is 5.72. The highest BCUT2D eigenvalue weighted by Crippen LogP contribution is 2.32. The van der Waals surface area contributed by atoms with Gasteiger partial charge >= 0.3 is 0 Å². The fourth-order valence-corrected chi connectivity index (χ4v) is 2.50. The minimum Gasteiger partial charge on any atom is -0.369 e. The Morgan fingerprint density at radius 3 is 2.50 bits per heavy atom. The Labute approximate surface area is 118 Å². The second kappa shape index (κ2) is 5.23. The Hall–Kier alpha value is -1.91. The lowest BCUT2D eigenvalue weighted by Gasteiger charge is -2.29. The van der Waals surface area contributed by atoms with Gasteiger partial charge in [0, 0.05) is 13.1 Å². The standard InChI is InChI=1S/C15H19FN2O2/c1-8(2)5-9(3)18(4)13-7-12-10(6-11(13)16)14(19)15(20)17-12/h6-9H,5H2,1-4H3,(H,17,19,20). The van der Waals surface area contributed by atoms with Crippen molar-refractivity contribution in [1.29, 1.82) is 0 Å². The molecule has 0 saturated carbocycles. The van der Waals surface area contributed by atoms with Crippen LogP contribution < -0.4 is 10.2 Å². The maximum absolute atomic E-state index is 14.2. The topological polar surface area (TPSA) is 49.4 Å². The average Bonchev–Trinajstić information content (AvgIpc) is 2.63. The SMILES string of the molecule is CC(C)CC(C)N(C)c1cc2c(cc1F)C(=O)C(=O)N2. The second-order valence-corrected chi connectivity index (χ2v) is 5.72. The first-order valence-corrected chi connectivity index (χ1v) is 6.73. The number of rotatable bonds is 4. The number of benzene rings is 1. The van der Waals surface area contributed by atoms with E-state index in [1.165, 1.54) is 6.07 Å². The van der Waals surface area contributed by atoms with E-state index in [1.54, 1.807) is 0 Å². The molecule has 1 heterocycles. The number of ketones is 1. The molecule has 1 unspecified atom stereocenters. The number of fused-ring (bicyclic) bond motifs is 1. The first kappa shape index (κ1) is 14.5. The van der Waals surface area contributed by atoms with Gasteiger partial charge in [0.05, 0.1) is 16.9 Å². The van der Waals surface area contributed by atoms with Gasteiger partial charge in [0.2, 0.25) is 0 Å². The number of anilines is 2. The normalized spacial score (nSPS) is 15.3. The van der Waals surface area contributed by atoms with E-state index >= 15 is 0 Å². The van der Waals surface area contributed by atoms with E-state index < -0.39 is 17.5 Å². The highest BCUT2D eigenvalue weighted by molar-refractivity contribution is 6.51. The van der Waals surface area contributed by atoms with Crippen LogP contribution in [0, 0.1) is 11.7 Å². The number of carbonyl (C=O) groups is 2. The van der Waals surface area contributed by atoms with Crippen LogP contribution in [0.3, 0.4) is 0 Å². The Morgan fingerprint density at radius 1 is 1.25 bits per heavy atom. The maximum atomic E-state index is 14.2. The van der Waals surface area contributed by atoms with Crippen LogP contribution in [0.4, 0.5) is 15.8 Å². The fourth-order valence-electron chi connectivity index (χ4n) is 2.50. The Bertz CT molecular complexity index is 569. The molecule has 1 atom stereocenters. The van der Waals surface area contributed by atoms with Gasteiger partial charge in [0.1, 0.15) is 5.82 Å². The lowest BCUT2D eigenvalue weighted by atomic mass is 10.0. The molecule has 0 saturated heterocycles. The largest absolute Gasteiger partial charge is 0.369 e. The zero-order valence-electron chi connectivity index (χ0n) is 12.2. The van der Waals surface area contributed by atoms with Crippen molar-refractivity contribution in [3.05, 3.63) is 23.5 Å². The molecular weight excluding hydrogens is 259 g/mol. The highest BCUT2D eigenvalue weighted by Gasteiger charge is 2.30. The van der Waals surface area contributed by atoms with Crippen LogP contribution in [0.15, 0.2) is 12.1 Å². The summed E-state index contributed by atoms with van der Waals surface area (Å²) in [4.78, 5) is 24.7. The van der Waals surface area contributed by atoms with Gasteiger partial charge in [-0.25, -0.2) is 4.39 Å². The van der Waals surface area contributed by atoms with E-state index in [0.29, 0.717) is 17.3 Å². The van der Waals surface area contributed by atoms with Crippen molar-refractivity contribution in [3.63, 3.8) is 0 Å². The van der Waals surface area contributed by atoms with Crippen LogP contribution in [0.2, 0.25) is 0 Å². The van der Waals surface area contributed by atoms with Crippen LogP contribution in [0.5, 0.6) is 0 Å². The number of nitrogens with one attached hydrogen (secondary N) is 1. The molecule has 0 bridgehead atoms. The van der Waals surface area contributed by atoms with Gasteiger partial charge in [-0.2, -0.15) is 0 Å². The Morgan fingerprint density at radius 2 is 1.90 bits per heavy atom. The van der Waals surface area contributed by atoms with Crippen molar-refractivity contribution in [1.82, 2.24) is 0 Å². The predicted octanol–water partition coefficient (Wildman–Crippen LogP) is 2.83. The highest BCUT2D eigenvalue weighted by atomic mass is 19.1. The number of Topliss-reactive ketones (excluding diaryl/α,β-unsaturated/α-hetero) is 1. The molecule has 0 radical (unpaired) electrons. The van der Waals surface area contributed by atoms with Crippen molar-refractivity contribution >= 4 is 23.1 Å². The fraction of sp³-hybridized carbons (Fsp3) is 0.467. The lowest BCUT2D eigenvalue weighted by Crippen LogP contribution is -2.30. The number of hydrogen-bond donors (Lipinski definition) is 1. The molecule has 0 spiro atoms. The molecule has 108 valence electrons. The van der Waals surface area contributed by atoms with Crippen LogP contribution in [-0.4, -0.2) is 24.8 Å². The Balaban J connectivity index is 2.33. The van der Waals surface area contributed by atoms with Gasteiger partial charge in [-0.1, -0.05) is 13.8 Å². The zero-order valence-corrected chi connectivity index (χ0v) is 12.2. The summed E-state index contributed by atoms with van der Waals surface area (Å²) in [7, 11) is 1.82. The summed E-state index contributed by atoms with van der Waals surface area (Å²) in [6.45, 7) is 6.25. The molecule has 1 aromatic carbocycles. The summed E-state index contributed by atoms with van der Waals surface area (Å²) in [5.41, 5.74) is 0.896. The number of nitrogens with zero attached hydrogens (tertiary/aromatic N) is 1. The number of amides is 1. The first-order valence-electron chi connectivity index (χ1n) is 6.73. The molecule has 1 aliphatic rings. The van der Waals surface area contributed by atoms with Crippen molar-refractivity contribution < 1.29 is 14.0 Å². The third-order valence-electron chi connectivity index (χ3n) is 3.64. The molecule has 5 heteroatoms. The summed E-state index contributed by atoms with van der Waals surface area (Å²) in [6.07, 6.45) is 0.929. The summed E-state index contributed by atoms with van der Waals surface area (Å²) in [5.74, 6) is -1.35. The minimum absolute atomic E-state index is 0.112. The molecule has 0 aliphatic carbocycles. The molecule has 1 aromatic rings. The molecule has 2 rings (SSSR count). The quantitative estimate of drug-likeness (QED) is 0.862. The number of hydrogen-bond acceptors (Lipinski definition) is 3. The number of halogens is 1. The van der Waals surface area contributed by atoms with Gasteiger partial charge < -0.3 is 10.2 Å². The van der Waals surface area contributed by atoms with Crippen molar-refractivity contribution in [3.8, 4) is 0 Å². The van der Waals surface area contributed by atoms with Gasteiger partial charge in [-0.3, -0.25) is 9.59 Å². The molecule has 1 amide bonds. The molecule has 1 N–H and O–H groups in total. The molecule has 4 nitrogen and oxygen atoms in total. The van der Waals surface area contributed by atoms with Gasteiger partial charge in [0.15, 0.2) is 0 Å². The Kier molecular flexibility index (Phi) is 3.79. The molecule has 20 heavy (non-hydrogen) atoms. The number of carbonyl (C=O) groups excluding carboxylic acids is 2. The molecule has 1 aliphatic heterocycles. The third kappa shape index (κ3) is 2.53. The smallest absolute Gasteiger partial charge is 0.296 e. The zero-order chi connectivity index (χ0) is 15.0. The van der Waals surface area contributed by atoms with Crippen LogP contribution in [0.25, 0.3) is 0 Å². The van der Waals surface area contributed by atoms with Crippen molar-refractivity contribution in [2.45, 2.75) is 33.2 Å². The van der Waals surface area contributed by atoms with Crippen molar-refractivity contribution in [2.24, 2.45) is 5.92 Å². The molecule has 0 aromatic heterocycles. The van der Waals surface area contributed by atoms with Crippen molar-refractivity contribution in [2.75, 3.05) is 17.3 Å². The molecule has 0 fully saturated rings. The average molecular weight is 278 g/mol. The summed E-state index contributed by atoms with van der Waals surface area (Å²) in [5, 5.41) is 2.47. The van der Waals surface area contributed by atoms with E-state index in [0.717, 1.165) is 12.5 Å². The van der Waals surface area contributed by atoms with E-state index in [9.17, 15) is 14.0 Å². The van der Waals surface area contributed by atoms with E-state index in [2.05, 4.69) is 19.2 Å². The van der Waals surface area contributed by atoms with E-state index in [-0.39, 0.29) is 11.6 Å². The van der Waals surface area contributed by atoms with Crippen LogP contribution in [-0.2, 0) is 4.79 Å². The lowest BCUT2D eigenvalue weighted by molar-refractivity contribution is -0.112. The minimum atomic E-state index is -0.700. The van der Waals surface area contributed by atoms with Gasteiger partial charge in [0.25, 0.3) is 11.7 Å². The van der Waals surface area contributed by atoms with Gasteiger partial charge in [-0.05, 0) is 31.4 Å². The monoisotopic (exact) mass is 278 g/mol. The van der Waals surface area contributed by atoms with Crippen LogP contribution >= 0.6 is 0 Å². The van der Waals surface area contributed by atoms with Crippen LogP contribution in [0.1, 0.15) is 37.6 Å². The van der Waals surface area contributed by atoms with Gasteiger partial charge in [-0.15, -0.1) is 0 Å². The summed E-state index contributed by atoms with van der Waals surface area (Å²) in [6, 6.07) is 2.84. The maximum Gasteiger partial charge on any atom is 0.296 e. The predicted molar refractivity (Wildman–Crippen MR) is 76.7 cm³/mol.